The standard InChI is InChI=1S/C20H23N5O/c1-14-4-6-16-13-18(21-17(16)12-14)20(26)25-9-3-8-24(10-11-25)19-7-5-15(2)22-23-19/h4-7,12-13,21H,3,8-11H2,1-2H3. The van der Waals surface area contributed by atoms with Gasteiger partial charge in [-0.1, -0.05) is 12.1 Å². The maximum atomic E-state index is 12.9. The highest BCUT2D eigenvalue weighted by Crippen LogP contribution is 2.19. The molecule has 1 aliphatic heterocycles. The highest BCUT2D eigenvalue weighted by molar-refractivity contribution is 5.98. The number of H-pyrrole nitrogens is 1. The molecule has 0 bridgehead atoms. The fraction of sp³-hybridized carbons (Fsp3) is 0.350. The van der Waals surface area contributed by atoms with Gasteiger partial charge in [-0.2, -0.15) is 5.10 Å². The number of nitrogens with zero attached hydrogens (tertiary/aromatic N) is 4. The lowest BCUT2D eigenvalue weighted by Crippen LogP contribution is -2.35. The molecule has 0 saturated carbocycles. The van der Waals surface area contributed by atoms with Crippen LogP contribution in [0.25, 0.3) is 10.9 Å². The summed E-state index contributed by atoms with van der Waals surface area (Å²) in [4.78, 5) is 20.4. The summed E-state index contributed by atoms with van der Waals surface area (Å²) in [5.74, 6) is 0.946. The third-order valence-electron chi connectivity index (χ3n) is 4.90. The quantitative estimate of drug-likeness (QED) is 0.772. The van der Waals surface area contributed by atoms with Crippen LogP contribution < -0.4 is 4.90 Å². The molecule has 1 aliphatic rings. The van der Waals surface area contributed by atoms with E-state index in [-0.39, 0.29) is 5.91 Å². The second-order valence-electron chi connectivity index (χ2n) is 6.94. The minimum atomic E-state index is 0.0655. The maximum absolute atomic E-state index is 12.9. The molecule has 6 nitrogen and oxygen atoms in total. The molecule has 1 saturated heterocycles. The molecule has 0 aliphatic carbocycles. The summed E-state index contributed by atoms with van der Waals surface area (Å²) in [7, 11) is 0. The van der Waals surface area contributed by atoms with E-state index in [2.05, 4.69) is 45.2 Å². The molecule has 4 rings (SSSR count). The van der Waals surface area contributed by atoms with E-state index in [1.54, 1.807) is 0 Å². The number of rotatable bonds is 2. The van der Waals surface area contributed by atoms with E-state index >= 15 is 0 Å². The largest absolute Gasteiger partial charge is 0.353 e. The predicted molar refractivity (Wildman–Crippen MR) is 103 cm³/mol. The molecule has 26 heavy (non-hydrogen) atoms. The molecule has 0 radical (unpaired) electrons. The molecule has 1 fully saturated rings. The highest BCUT2D eigenvalue weighted by Gasteiger charge is 2.22. The fourth-order valence-corrected chi connectivity index (χ4v) is 3.44. The van der Waals surface area contributed by atoms with Gasteiger partial charge in [0.15, 0.2) is 5.82 Å². The van der Waals surface area contributed by atoms with Gasteiger partial charge in [-0.15, -0.1) is 5.10 Å². The lowest BCUT2D eigenvalue weighted by Gasteiger charge is -2.22. The molecule has 0 atom stereocenters. The van der Waals surface area contributed by atoms with Gasteiger partial charge in [0.1, 0.15) is 5.69 Å². The molecule has 0 spiro atoms. The van der Waals surface area contributed by atoms with Crippen molar-refractivity contribution in [2.45, 2.75) is 20.3 Å². The molecule has 1 N–H and O–H groups in total. The van der Waals surface area contributed by atoms with E-state index < -0.39 is 0 Å². The van der Waals surface area contributed by atoms with E-state index in [0.717, 1.165) is 48.5 Å². The van der Waals surface area contributed by atoms with Crippen molar-refractivity contribution < 1.29 is 4.79 Å². The van der Waals surface area contributed by atoms with Gasteiger partial charge in [-0.25, -0.2) is 0 Å². The monoisotopic (exact) mass is 349 g/mol. The molecule has 134 valence electrons. The van der Waals surface area contributed by atoms with Crippen LogP contribution in [0, 0.1) is 13.8 Å². The zero-order valence-corrected chi connectivity index (χ0v) is 15.2. The Morgan fingerprint density at radius 3 is 2.69 bits per heavy atom. The SMILES string of the molecule is Cc1ccc2cc(C(=O)N3CCCN(c4ccc(C)nn4)CC3)[nH]c2c1. The van der Waals surface area contributed by atoms with Crippen molar-refractivity contribution in [1.82, 2.24) is 20.1 Å². The van der Waals surface area contributed by atoms with Crippen LogP contribution in [0.15, 0.2) is 36.4 Å². The first-order valence-electron chi connectivity index (χ1n) is 9.04. The highest BCUT2D eigenvalue weighted by atomic mass is 16.2. The van der Waals surface area contributed by atoms with Gasteiger partial charge in [0, 0.05) is 37.1 Å². The number of carbonyl (C=O) groups is 1. The Labute approximate surface area is 152 Å². The van der Waals surface area contributed by atoms with Crippen LogP contribution in [0.5, 0.6) is 0 Å². The number of hydrogen-bond acceptors (Lipinski definition) is 4. The summed E-state index contributed by atoms with van der Waals surface area (Å²) in [5.41, 5.74) is 3.77. The second-order valence-corrected chi connectivity index (χ2v) is 6.94. The Morgan fingerprint density at radius 1 is 1.00 bits per heavy atom. The van der Waals surface area contributed by atoms with Crippen LogP contribution in [0.4, 0.5) is 5.82 Å². The van der Waals surface area contributed by atoms with Crippen molar-refractivity contribution >= 4 is 22.6 Å². The first-order chi connectivity index (χ1) is 12.6. The predicted octanol–water partition coefficient (Wildman–Crippen LogP) is 2.93. The summed E-state index contributed by atoms with van der Waals surface area (Å²) in [6.07, 6.45) is 0.917. The van der Waals surface area contributed by atoms with Gasteiger partial charge < -0.3 is 14.8 Å². The number of anilines is 1. The number of benzene rings is 1. The van der Waals surface area contributed by atoms with Crippen LogP contribution >= 0.6 is 0 Å². The molecule has 0 unspecified atom stereocenters. The molecule has 3 aromatic rings. The molecule has 3 heterocycles. The van der Waals surface area contributed by atoms with Gasteiger partial charge in [-0.3, -0.25) is 4.79 Å². The maximum Gasteiger partial charge on any atom is 0.270 e. The zero-order valence-electron chi connectivity index (χ0n) is 15.2. The Hall–Kier alpha value is -2.89. The number of amides is 1. The normalized spacial score (nSPS) is 15.3. The summed E-state index contributed by atoms with van der Waals surface area (Å²) in [5, 5.41) is 9.49. The van der Waals surface area contributed by atoms with Gasteiger partial charge in [0.2, 0.25) is 0 Å². The van der Waals surface area contributed by atoms with Crippen molar-refractivity contribution in [3.05, 3.63) is 53.3 Å². The van der Waals surface area contributed by atoms with Crippen LogP contribution in [-0.4, -0.2) is 52.2 Å². The molecule has 1 aromatic carbocycles. The Bertz CT molecular complexity index is 931. The number of carbonyl (C=O) groups excluding carboxylic acids is 1. The lowest BCUT2D eigenvalue weighted by atomic mass is 10.2. The van der Waals surface area contributed by atoms with Crippen molar-refractivity contribution in [2.24, 2.45) is 0 Å². The van der Waals surface area contributed by atoms with Crippen molar-refractivity contribution in [2.75, 3.05) is 31.1 Å². The first kappa shape index (κ1) is 16.6. The van der Waals surface area contributed by atoms with Crippen LogP contribution in [0.2, 0.25) is 0 Å². The third-order valence-corrected chi connectivity index (χ3v) is 4.90. The number of fused-ring (bicyclic) bond motifs is 1. The Kier molecular flexibility index (Phi) is 4.32. The topological polar surface area (TPSA) is 65.1 Å². The summed E-state index contributed by atoms with van der Waals surface area (Å²) in [6, 6.07) is 12.1. The van der Waals surface area contributed by atoms with Crippen molar-refractivity contribution in [3.8, 4) is 0 Å². The van der Waals surface area contributed by atoms with Crippen molar-refractivity contribution in [1.29, 1.82) is 0 Å². The Morgan fingerprint density at radius 2 is 1.88 bits per heavy atom. The number of hydrogen-bond donors (Lipinski definition) is 1. The molecule has 2 aromatic heterocycles. The second kappa shape index (κ2) is 6.78. The van der Waals surface area contributed by atoms with E-state index in [9.17, 15) is 4.79 Å². The summed E-state index contributed by atoms with van der Waals surface area (Å²) < 4.78 is 0. The smallest absolute Gasteiger partial charge is 0.270 e. The minimum Gasteiger partial charge on any atom is -0.353 e. The van der Waals surface area contributed by atoms with E-state index in [4.69, 9.17) is 0 Å². The minimum absolute atomic E-state index is 0.0655. The van der Waals surface area contributed by atoms with Gasteiger partial charge in [0.25, 0.3) is 5.91 Å². The Balaban J connectivity index is 1.49. The van der Waals surface area contributed by atoms with Crippen LogP contribution in [0.1, 0.15) is 28.2 Å². The summed E-state index contributed by atoms with van der Waals surface area (Å²) >= 11 is 0. The number of aromatic amines is 1. The molecule has 1 amide bonds. The number of aromatic nitrogens is 3. The van der Waals surface area contributed by atoms with Crippen LogP contribution in [0.3, 0.4) is 0 Å². The van der Waals surface area contributed by atoms with E-state index in [1.807, 2.05) is 30.0 Å². The van der Waals surface area contributed by atoms with Gasteiger partial charge in [0.05, 0.1) is 5.69 Å². The third kappa shape index (κ3) is 3.27. The molecular weight excluding hydrogens is 326 g/mol. The lowest BCUT2D eigenvalue weighted by molar-refractivity contribution is 0.0762. The van der Waals surface area contributed by atoms with Crippen molar-refractivity contribution in [3.63, 3.8) is 0 Å². The van der Waals surface area contributed by atoms with Gasteiger partial charge >= 0.3 is 0 Å². The van der Waals surface area contributed by atoms with E-state index in [0.29, 0.717) is 12.2 Å². The first-order valence-corrected chi connectivity index (χ1v) is 9.04. The zero-order chi connectivity index (χ0) is 18.1. The average Bonchev–Trinajstić information content (AvgIpc) is 2.90. The average molecular weight is 349 g/mol. The number of aryl methyl sites for hydroxylation is 2. The summed E-state index contributed by atoms with van der Waals surface area (Å²) in [6.45, 7) is 7.07. The van der Waals surface area contributed by atoms with E-state index in [1.165, 1.54) is 5.56 Å². The van der Waals surface area contributed by atoms with Gasteiger partial charge in [-0.05, 0) is 50.1 Å². The van der Waals surface area contributed by atoms with Crippen LogP contribution in [-0.2, 0) is 0 Å². The fourth-order valence-electron chi connectivity index (χ4n) is 3.44. The molecular formula is C20H23N5O. The molecule has 6 heteroatoms. The number of nitrogens with one attached hydrogen (secondary N) is 1.